The molecule has 1 aromatic carbocycles. The average Bonchev–Trinajstić information content (AvgIpc) is 2.64. The number of rotatable bonds is 4. The van der Waals surface area contributed by atoms with Gasteiger partial charge in [-0.1, -0.05) is 30.9 Å². The van der Waals surface area contributed by atoms with Gasteiger partial charge in [0.1, 0.15) is 6.04 Å². The van der Waals surface area contributed by atoms with Crippen LogP contribution < -0.4 is 16.0 Å². The molecule has 6 nitrogen and oxygen atoms in total. The number of ether oxygens (including phenoxy) is 1. The molecule has 1 heterocycles. The molecule has 8 heteroatoms. The second-order valence-corrected chi connectivity index (χ2v) is 6.98. The van der Waals surface area contributed by atoms with Crippen LogP contribution in [0.15, 0.2) is 18.2 Å². The van der Waals surface area contributed by atoms with Crippen LogP contribution in [0.25, 0.3) is 0 Å². The van der Waals surface area contributed by atoms with Crippen LogP contribution in [0.5, 0.6) is 0 Å². The van der Waals surface area contributed by atoms with Crippen LogP contribution in [-0.2, 0) is 9.53 Å². The number of benzene rings is 1. The third-order valence-electron chi connectivity index (χ3n) is 4.66. The fourth-order valence-corrected chi connectivity index (χ4v) is 3.45. The van der Waals surface area contributed by atoms with Crippen LogP contribution in [0.3, 0.4) is 0 Å². The molecule has 2 fully saturated rings. The van der Waals surface area contributed by atoms with E-state index in [0.717, 1.165) is 25.7 Å². The number of hydrogen-bond acceptors (Lipinski definition) is 4. The maximum Gasteiger partial charge on any atom is 0.253 e. The van der Waals surface area contributed by atoms with E-state index in [4.69, 9.17) is 16.3 Å². The van der Waals surface area contributed by atoms with Gasteiger partial charge >= 0.3 is 0 Å². The minimum Gasteiger partial charge on any atom is -0.378 e. The molecule has 1 aromatic rings. The highest BCUT2D eigenvalue weighted by Gasteiger charge is 2.22. The first kappa shape index (κ1) is 21.0. The Morgan fingerprint density at radius 3 is 2.65 bits per heavy atom. The molecular weight excluding hydrogens is 377 g/mol. The van der Waals surface area contributed by atoms with Gasteiger partial charge in [0.15, 0.2) is 0 Å². The van der Waals surface area contributed by atoms with Crippen molar-refractivity contribution in [3.05, 3.63) is 28.8 Å². The van der Waals surface area contributed by atoms with Crippen LogP contribution in [0.4, 0.5) is 5.69 Å². The summed E-state index contributed by atoms with van der Waals surface area (Å²) in [7, 11) is 0. The van der Waals surface area contributed by atoms with E-state index in [-0.39, 0.29) is 36.3 Å². The molecule has 26 heavy (non-hydrogen) atoms. The van der Waals surface area contributed by atoms with Crippen molar-refractivity contribution in [2.24, 2.45) is 0 Å². The molecule has 2 aliphatic rings. The largest absolute Gasteiger partial charge is 0.378 e. The van der Waals surface area contributed by atoms with Crippen molar-refractivity contribution in [1.82, 2.24) is 10.6 Å². The van der Waals surface area contributed by atoms with Crippen molar-refractivity contribution in [2.45, 2.75) is 44.2 Å². The van der Waals surface area contributed by atoms with Gasteiger partial charge in [0.25, 0.3) is 5.91 Å². The normalized spacial score (nSPS) is 20.7. The molecular formula is C18H25Cl2N3O3. The molecule has 1 unspecified atom stereocenters. The van der Waals surface area contributed by atoms with Crippen LogP contribution in [0.1, 0.15) is 42.5 Å². The van der Waals surface area contributed by atoms with Crippen LogP contribution in [0, 0.1) is 0 Å². The Balaban J connectivity index is 0.00000243. The molecule has 3 rings (SSSR count). The predicted octanol–water partition coefficient (Wildman–Crippen LogP) is 2.75. The van der Waals surface area contributed by atoms with Crippen LogP contribution in [0.2, 0.25) is 5.02 Å². The number of morpholine rings is 1. The molecule has 1 saturated heterocycles. The maximum atomic E-state index is 12.5. The van der Waals surface area contributed by atoms with E-state index in [2.05, 4.69) is 16.0 Å². The standard InChI is InChI=1S/C18H24ClN3O3.ClH/c19-15-7-6-13(22-18(24)16-11-25-9-8-20-16)10-14(15)17(23)21-12-4-2-1-3-5-12;/h6-7,10,12,16,20H,1-5,8-9,11H2,(H,21,23)(H,22,24);1H. The highest BCUT2D eigenvalue weighted by molar-refractivity contribution is 6.34. The Bertz CT molecular complexity index is 630. The van der Waals surface area contributed by atoms with Crippen LogP contribution >= 0.6 is 24.0 Å². The highest BCUT2D eigenvalue weighted by Crippen LogP contribution is 2.23. The molecule has 1 atom stereocenters. The summed E-state index contributed by atoms with van der Waals surface area (Å²) >= 11 is 6.19. The monoisotopic (exact) mass is 401 g/mol. The van der Waals surface area contributed by atoms with Gasteiger partial charge in [0.2, 0.25) is 5.91 Å². The van der Waals surface area contributed by atoms with E-state index in [1.165, 1.54) is 6.42 Å². The second-order valence-electron chi connectivity index (χ2n) is 6.57. The lowest BCUT2D eigenvalue weighted by Crippen LogP contribution is -2.48. The molecule has 2 amide bonds. The number of nitrogens with one attached hydrogen (secondary N) is 3. The van der Waals surface area contributed by atoms with E-state index >= 15 is 0 Å². The van der Waals surface area contributed by atoms with Gasteiger partial charge in [0, 0.05) is 18.3 Å². The molecule has 1 aliphatic carbocycles. The predicted molar refractivity (Wildman–Crippen MR) is 104 cm³/mol. The van der Waals surface area contributed by atoms with Crippen LogP contribution in [-0.4, -0.2) is 43.7 Å². The summed E-state index contributed by atoms with van der Waals surface area (Å²) in [5.41, 5.74) is 0.938. The lowest BCUT2D eigenvalue weighted by Gasteiger charge is -2.24. The molecule has 3 N–H and O–H groups in total. The quantitative estimate of drug-likeness (QED) is 0.724. The lowest BCUT2D eigenvalue weighted by molar-refractivity contribution is -0.120. The first-order chi connectivity index (χ1) is 12.1. The number of carbonyl (C=O) groups is 2. The fraction of sp³-hybridized carbons (Fsp3) is 0.556. The first-order valence-electron chi connectivity index (χ1n) is 8.86. The van der Waals surface area contributed by atoms with Gasteiger partial charge in [-0.15, -0.1) is 12.4 Å². The van der Waals surface area contributed by atoms with Gasteiger partial charge < -0.3 is 20.7 Å². The Morgan fingerprint density at radius 2 is 1.96 bits per heavy atom. The third kappa shape index (κ3) is 5.58. The average molecular weight is 402 g/mol. The summed E-state index contributed by atoms with van der Waals surface area (Å²) in [5, 5.41) is 9.35. The molecule has 0 radical (unpaired) electrons. The Hall–Kier alpha value is -1.34. The lowest BCUT2D eigenvalue weighted by atomic mass is 9.95. The maximum absolute atomic E-state index is 12.5. The SMILES string of the molecule is Cl.O=C(NC1CCCCC1)c1cc(NC(=O)C2COCCN2)ccc1Cl. The Labute approximate surface area is 164 Å². The van der Waals surface area contributed by atoms with Gasteiger partial charge in [-0.3, -0.25) is 9.59 Å². The summed E-state index contributed by atoms with van der Waals surface area (Å²) < 4.78 is 5.30. The summed E-state index contributed by atoms with van der Waals surface area (Å²) in [6, 6.07) is 4.78. The third-order valence-corrected chi connectivity index (χ3v) is 4.99. The topological polar surface area (TPSA) is 79.5 Å². The number of anilines is 1. The fourth-order valence-electron chi connectivity index (χ4n) is 3.25. The minimum absolute atomic E-state index is 0. The molecule has 0 bridgehead atoms. The van der Waals surface area contributed by atoms with Crippen molar-refractivity contribution >= 4 is 41.5 Å². The van der Waals surface area contributed by atoms with E-state index in [9.17, 15) is 9.59 Å². The summed E-state index contributed by atoms with van der Waals surface area (Å²) in [6.07, 6.45) is 5.53. The number of carbonyl (C=O) groups excluding carboxylic acids is 2. The van der Waals surface area contributed by atoms with Gasteiger partial charge in [-0.25, -0.2) is 0 Å². The highest BCUT2D eigenvalue weighted by atomic mass is 35.5. The zero-order valence-electron chi connectivity index (χ0n) is 14.6. The zero-order valence-corrected chi connectivity index (χ0v) is 16.1. The minimum atomic E-state index is -0.385. The Kier molecular flexibility index (Phi) is 8.15. The molecule has 1 saturated carbocycles. The van der Waals surface area contributed by atoms with Crippen molar-refractivity contribution in [1.29, 1.82) is 0 Å². The van der Waals surface area contributed by atoms with E-state index in [1.807, 2.05) is 0 Å². The van der Waals surface area contributed by atoms with Gasteiger partial charge in [-0.05, 0) is 31.0 Å². The number of hydrogen-bond donors (Lipinski definition) is 3. The van der Waals surface area contributed by atoms with E-state index in [1.54, 1.807) is 18.2 Å². The first-order valence-corrected chi connectivity index (χ1v) is 9.23. The van der Waals surface area contributed by atoms with Crippen molar-refractivity contribution in [2.75, 3.05) is 25.1 Å². The van der Waals surface area contributed by atoms with Gasteiger partial charge in [0.05, 0.1) is 23.8 Å². The summed E-state index contributed by atoms with van der Waals surface area (Å²) in [4.78, 5) is 24.8. The summed E-state index contributed by atoms with van der Waals surface area (Å²) in [5.74, 6) is -0.368. The van der Waals surface area contributed by atoms with Gasteiger partial charge in [-0.2, -0.15) is 0 Å². The molecule has 1 aliphatic heterocycles. The van der Waals surface area contributed by atoms with Crippen molar-refractivity contribution in [3.63, 3.8) is 0 Å². The van der Waals surface area contributed by atoms with Crippen molar-refractivity contribution < 1.29 is 14.3 Å². The summed E-state index contributed by atoms with van der Waals surface area (Å²) in [6.45, 7) is 1.60. The smallest absolute Gasteiger partial charge is 0.253 e. The molecule has 144 valence electrons. The van der Waals surface area contributed by atoms with E-state index < -0.39 is 0 Å². The number of amides is 2. The molecule has 0 aromatic heterocycles. The van der Waals surface area contributed by atoms with Crippen molar-refractivity contribution in [3.8, 4) is 0 Å². The number of halogens is 2. The zero-order chi connectivity index (χ0) is 17.6. The molecule has 0 spiro atoms. The second kappa shape index (κ2) is 10.1. The Morgan fingerprint density at radius 1 is 1.19 bits per heavy atom. The van der Waals surface area contributed by atoms with E-state index in [0.29, 0.717) is 36.0 Å².